The Bertz CT molecular complexity index is 403. The van der Waals surface area contributed by atoms with Crippen molar-refractivity contribution in [2.45, 2.75) is 25.3 Å². The van der Waals surface area contributed by atoms with E-state index in [1.807, 2.05) is 0 Å². The lowest BCUT2D eigenvalue weighted by atomic mass is 10.0. The minimum absolute atomic E-state index is 0.258. The second-order valence-corrected chi connectivity index (χ2v) is 3.60. The first-order chi connectivity index (χ1) is 8.10. The van der Waals surface area contributed by atoms with E-state index in [2.05, 4.69) is 11.3 Å². The number of unbranched alkanes of at least 4 members (excludes halogenated alkanes) is 1. The fourth-order valence-corrected chi connectivity index (χ4v) is 1.61. The zero-order valence-electron chi connectivity index (χ0n) is 9.14. The number of hydrogen-bond acceptors (Lipinski definition) is 2. The summed E-state index contributed by atoms with van der Waals surface area (Å²) in [6.45, 7) is 0. The molecule has 0 saturated heterocycles. The van der Waals surface area contributed by atoms with E-state index in [1.165, 1.54) is 0 Å². The van der Waals surface area contributed by atoms with Crippen molar-refractivity contribution in [3.05, 3.63) is 35.1 Å². The highest BCUT2D eigenvalue weighted by Gasteiger charge is 2.19. The van der Waals surface area contributed by atoms with Crippen LogP contribution in [0.5, 0.6) is 0 Å². The van der Waals surface area contributed by atoms with Gasteiger partial charge in [0.2, 0.25) is 0 Å². The standard InChI is InChI=1S/C12H13F3N2/c1-2-3-4-5-11(17-16)12-9(14)6-8(13)7-10(12)15/h1,6-7,11,17H,3-5,16H2. The smallest absolute Gasteiger partial charge is 0.133 e. The number of hydrazine groups is 1. The molecule has 5 heteroatoms. The average molecular weight is 242 g/mol. The van der Waals surface area contributed by atoms with Crippen LogP contribution in [-0.4, -0.2) is 0 Å². The van der Waals surface area contributed by atoms with Crippen LogP contribution in [0.2, 0.25) is 0 Å². The molecule has 0 spiro atoms. The Labute approximate surface area is 98.0 Å². The van der Waals surface area contributed by atoms with Crippen molar-refractivity contribution in [1.82, 2.24) is 5.43 Å². The molecule has 1 aromatic rings. The molecule has 0 aliphatic carbocycles. The number of hydrogen-bond donors (Lipinski definition) is 2. The van der Waals surface area contributed by atoms with E-state index in [0.29, 0.717) is 31.4 Å². The summed E-state index contributed by atoms with van der Waals surface area (Å²) in [5.41, 5.74) is 2.05. The first kappa shape index (κ1) is 13.6. The SMILES string of the molecule is C#CCCCC(NN)c1c(F)cc(F)cc1F. The maximum absolute atomic E-state index is 13.4. The molecule has 0 saturated carbocycles. The Morgan fingerprint density at radius 2 is 1.88 bits per heavy atom. The molecule has 2 nitrogen and oxygen atoms in total. The van der Waals surface area contributed by atoms with Crippen molar-refractivity contribution >= 4 is 0 Å². The highest BCUT2D eigenvalue weighted by molar-refractivity contribution is 5.24. The molecule has 0 bridgehead atoms. The number of rotatable bonds is 5. The van der Waals surface area contributed by atoms with E-state index in [9.17, 15) is 13.2 Å². The molecular weight excluding hydrogens is 229 g/mol. The summed E-state index contributed by atoms with van der Waals surface area (Å²) in [4.78, 5) is 0. The van der Waals surface area contributed by atoms with Crippen LogP contribution in [0.4, 0.5) is 13.2 Å². The van der Waals surface area contributed by atoms with Gasteiger partial charge in [0.25, 0.3) is 0 Å². The Morgan fingerprint density at radius 3 is 2.35 bits per heavy atom. The van der Waals surface area contributed by atoms with Gasteiger partial charge in [0.1, 0.15) is 17.5 Å². The van der Waals surface area contributed by atoms with Crippen LogP contribution in [0.1, 0.15) is 30.9 Å². The van der Waals surface area contributed by atoms with Gasteiger partial charge in [-0.25, -0.2) is 13.2 Å². The minimum Gasteiger partial charge on any atom is -0.271 e. The lowest BCUT2D eigenvalue weighted by molar-refractivity contribution is 0.439. The second kappa shape index (κ2) is 6.28. The highest BCUT2D eigenvalue weighted by atomic mass is 19.1. The fourth-order valence-electron chi connectivity index (χ4n) is 1.61. The highest BCUT2D eigenvalue weighted by Crippen LogP contribution is 2.25. The van der Waals surface area contributed by atoms with E-state index in [1.54, 1.807) is 0 Å². The van der Waals surface area contributed by atoms with E-state index >= 15 is 0 Å². The zero-order chi connectivity index (χ0) is 12.8. The number of nitrogens with one attached hydrogen (secondary N) is 1. The Hall–Kier alpha value is -1.51. The predicted molar refractivity (Wildman–Crippen MR) is 59.1 cm³/mol. The molecule has 0 radical (unpaired) electrons. The number of benzene rings is 1. The van der Waals surface area contributed by atoms with E-state index in [-0.39, 0.29) is 5.56 Å². The normalized spacial score (nSPS) is 12.2. The van der Waals surface area contributed by atoms with E-state index in [0.717, 1.165) is 0 Å². The molecule has 1 unspecified atom stereocenters. The van der Waals surface area contributed by atoms with Crippen molar-refractivity contribution in [3.8, 4) is 12.3 Å². The molecule has 1 aromatic carbocycles. The molecule has 17 heavy (non-hydrogen) atoms. The monoisotopic (exact) mass is 242 g/mol. The maximum Gasteiger partial charge on any atom is 0.133 e. The molecule has 0 fully saturated rings. The van der Waals surface area contributed by atoms with Crippen LogP contribution >= 0.6 is 0 Å². The molecule has 0 heterocycles. The molecular formula is C12H13F3N2. The molecule has 0 aliphatic heterocycles. The van der Waals surface area contributed by atoms with Gasteiger partial charge in [0, 0.05) is 24.1 Å². The van der Waals surface area contributed by atoms with Crippen LogP contribution < -0.4 is 11.3 Å². The average Bonchev–Trinajstić information content (AvgIpc) is 2.25. The van der Waals surface area contributed by atoms with Crippen LogP contribution in [0.25, 0.3) is 0 Å². The van der Waals surface area contributed by atoms with Crippen LogP contribution in [0.15, 0.2) is 12.1 Å². The summed E-state index contributed by atoms with van der Waals surface area (Å²) in [6.07, 6.45) is 6.51. The van der Waals surface area contributed by atoms with E-state index < -0.39 is 23.5 Å². The molecule has 1 rings (SSSR count). The van der Waals surface area contributed by atoms with Gasteiger partial charge in [0.05, 0.1) is 6.04 Å². The van der Waals surface area contributed by atoms with Gasteiger partial charge in [-0.3, -0.25) is 11.3 Å². The zero-order valence-corrected chi connectivity index (χ0v) is 9.14. The maximum atomic E-state index is 13.4. The molecule has 1 atom stereocenters. The van der Waals surface area contributed by atoms with Crippen molar-refractivity contribution < 1.29 is 13.2 Å². The van der Waals surface area contributed by atoms with Gasteiger partial charge in [-0.05, 0) is 12.8 Å². The van der Waals surface area contributed by atoms with Gasteiger partial charge < -0.3 is 0 Å². The fraction of sp³-hybridized carbons (Fsp3) is 0.333. The van der Waals surface area contributed by atoms with Gasteiger partial charge in [-0.2, -0.15) is 0 Å². The second-order valence-electron chi connectivity index (χ2n) is 3.60. The minimum atomic E-state index is -0.955. The predicted octanol–water partition coefficient (Wildman–Crippen LogP) is 2.41. The summed E-state index contributed by atoms with van der Waals surface area (Å²) < 4.78 is 39.6. The summed E-state index contributed by atoms with van der Waals surface area (Å²) >= 11 is 0. The van der Waals surface area contributed by atoms with Crippen molar-refractivity contribution in [2.75, 3.05) is 0 Å². The molecule has 92 valence electrons. The van der Waals surface area contributed by atoms with Gasteiger partial charge >= 0.3 is 0 Å². The van der Waals surface area contributed by atoms with Crippen LogP contribution in [0, 0.1) is 29.8 Å². The van der Waals surface area contributed by atoms with Crippen molar-refractivity contribution in [3.63, 3.8) is 0 Å². The summed E-state index contributed by atoms with van der Waals surface area (Å²) in [5.74, 6) is 4.79. The molecule has 0 amide bonds. The van der Waals surface area contributed by atoms with Crippen molar-refractivity contribution in [1.29, 1.82) is 0 Å². The third-order valence-corrected chi connectivity index (χ3v) is 2.41. The number of nitrogens with two attached hydrogens (primary N) is 1. The summed E-state index contributed by atoms with van der Waals surface area (Å²) in [6, 6.07) is 0.539. The number of terminal acetylenes is 1. The Morgan fingerprint density at radius 1 is 1.29 bits per heavy atom. The Kier molecular flexibility index (Phi) is 5.01. The first-order valence-corrected chi connectivity index (χ1v) is 5.14. The lowest BCUT2D eigenvalue weighted by Crippen LogP contribution is -2.29. The van der Waals surface area contributed by atoms with Gasteiger partial charge in [0.15, 0.2) is 0 Å². The largest absolute Gasteiger partial charge is 0.271 e. The van der Waals surface area contributed by atoms with Crippen molar-refractivity contribution in [2.24, 2.45) is 5.84 Å². The molecule has 0 aromatic heterocycles. The Balaban J connectivity index is 2.92. The van der Waals surface area contributed by atoms with Crippen LogP contribution in [0.3, 0.4) is 0 Å². The van der Waals surface area contributed by atoms with Gasteiger partial charge in [-0.15, -0.1) is 12.3 Å². The van der Waals surface area contributed by atoms with E-state index in [4.69, 9.17) is 12.3 Å². The van der Waals surface area contributed by atoms with Gasteiger partial charge in [-0.1, -0.05) is 0 Å². The third kappa shape index (κ3) is 3.48. The molecule has 0 aliphatic rings. The van der Waals surface area contributed by atoms with Crippen LogP contribution in [-0.2, 0) is 0 Å². The molecule has 3 N–H and O–H groups in total. The quantitative estimate of drug-likeness (QED) is 0.360. The summed E-state index contributed by atoms with van der Waals surface area (Å²) in [7, 11) is 0. The first-order valence-electron chi connectivity index (χ1n) is 5.14. The number of halogens is 3. The lowest BCUT2D eigenvalue weighted by Gasteiger charge is -2.17. The topological polar surface area (TPSA) is 38.0 Å². The third-order valence-electron chi connectivity index (χ3n) is 2.41. The summed E-state index contributed by atoms with van der Waals surface area (Å²) in [5, 5.41) is 0.